The minimum absolute atomic E-state index is 1.13. The van der Waals surface area contributed by atoms with Crippen LogP contribution in [0.25, 0.3) is 0 Å². The van der Waals surface area contributed by atoms with Gasteiger partial charge in [0, 0.05) is 14.7 Å². The van der Waals surface area contributed by atoms with Crippen LogP contribution in [-0.2, 0) is 0 Å². The van der Waals surface area contributed by atoms with Gasteiger partial charge in [0.1, 0.15) is 0 Å². The SMILES string of the molecule is BrCCCCCSc1cccc(Br)c1. The van der Waals surface area contributed by atoms with Gasteiger partial charge in [-0.3, -0.25) is 0 Å². The first kappa shape index (κ1) is 12.6. The van der Waals surface area contributed by atoms with E-state index in [2.05, 4.69) is 56.1 Å². The Labute approximate surface area is 107 Å². The quantitative estimate of drug-likeness (QED) is 0.395. The fourth-order valence-electron chi connectivity index (χ4n) is 1.12. The molecule has 0 spiro atoms. The Balaban J connectivity index is 2.18. The molecule has 14 heavy (non-hydrogen) atoms. The van der Waals surface area contributed by atoms with Crippen LogP contribution in [0.5, 0.6) is 0 Å². The summed E-state index contributed by atoms with van der Waals surface area (Å²) in [5.74, 6) is 1.23. The number of rotatable bonds is 6. The van der Waals surface area contributed by atoms with Gasteiger partial charge in [0.2, 0.25) is 0 Å². The van der Waals surface area contributed by atoms with Crippen molar-refractivity contribution in [1.29, 1.82) is 0 Å². The van der Waals surface area contributed by atoms with Gasteiger partial charge in [-0.05, 0) is 36.8 Å². The van der Waals surface area contributed by atoms with Crippen LogP contribution in [0.15, 0.2) is 33.6 Å². The zero-order valence-electron chi connectivity index (χ0n) is 8.01. The Bertz CT molecular complexity index is 263. The third-order valence-electron chi connectivity index (χ3n) is 1.84. The van der Waals surface area contributed by atoms with Gasteiger partial charge < -0.3 is 0 Å². The number of unbranched alkanes of at least 4 members (excludes halogenated alkanes) is 2. The van der Waals surface area contributed by atoms with E-state index < -0.39 is 0 Å². The molecule has 0 aromatic heterocycles. The third kappa shape index (κ3) is 5.42. The lowest BCUT2D eigenvalue weighted by atomic mass is 10.3. The third-order valence-corrected chi connectivity index (χ3v) is 3.98. The molecule has 0 N–H and O–H groups in total. The molecule has 78 valence electrons. The number of hydrogen-bond acceptors (Lipinski definition) is 1. The lowest BCUT2D eigenvalue weighted by Gasteiger charge is -2.01. The maximum atomic E-state index is 3.48. The number of halogens is 2. The largest absolute Gasteiger partial charge is 0.126 e. The second kappa shape index (κ2) is 7.77. The molecule has 3 heteroatoms. The van der Waals surface area contributed by atoms with Crippen LogP contribution < -0.4 is 0 Å². The fourth-order valence-corrected chi connectivity index (χ4v) is 3.04. The molecular weight excluding hydrogens is 324 g/mol. The Morgan fingerprint density at radius 2 is 2.00 bits per heavy atom. The number of hydrogen-bond donors (Lipinski definition) is 0. The van der Waals surface area contributed by atoms with Crippen molar-refractivity contribution < 1.29 is 0 Å². The minimum atomic E-state index is 1.13. The molecule has 0 saturated heterocycles. The van der Waals surface area contributed by atoms with Gasteiger partial charge in [-0.1, -0.05) is 44.3 Å². The first-order chi connectivity index (χ1) is 6.83. The predicted octanol–water partition coefficient (Wildman–Crippen LogP) is 5.11. The van der Waals surface area contributed by atoms with Gasteiger partial charge in [-0.25, -0.2) is 0 Å². The van der Waals surface area contributed by atoms with Crippen LogP contribution in [0.1, 0.15) is 19.3 Å². The van der Waals surface area contributed by atoms with Gasteiger partial charge in [0.05, 0.1) is 0 Å². The molecule has 0 radical (unpaired) electrons. The maximum Gasteiger partial charge on any atom is 0.0186 e. The second-order valence-corrected chi connectivity index (χ2v) is 5.93. The molecule has 0 bridgehead atoms. The highest BCUT2D eigenvalue weighted by Crippen LogP contribution is 2.22. The van der Waals surface area contributed by atoms with Crippen LogP contribution in [0, 0.1) is 0 Å². The number of alkyl halides is 1. The maximum absolute atomic E-state index is 3.48. The van der Waals surface area contributed by atoms with E-state index in [0.717, 1.165) is 5.33 Å². The summed E-state index contributed by atoms with van der Waals surface area (Å²) in [5.41, 5.74) is 0. The summed E-state index contributed by atoms with van der Waals surface area (Å²) in [6, 6.07) is 8.49. The van der Waals surface area contributed by atoms with Crippen molar-refractivity contribution >= 4 is 43.6 Å². The van der Waals surface area contributed by atoms with Crippen LogP contribution in [0.3, 0.4) is 0 Å². The van der Waals surface area contributed by atoms with Crippen molar-refractivity contribution in [3.8, 4) is 0 Å². The average Bonchev–Trinajstić information content (AvgIpc) is 2.18. The van der Waals surface area contributed by atoms with Crippen molar-refractivity contribution in [3.63, 3.8) is 0 Å². The van der Waals surface area contributed by atoms with Crippen LogP contribution in [0.2, 0.25) is 0 Å². The molecule has 0 unspecified atom stereocenters. The summed E-state index contributed by atoms with van der Waals surface area (Å²) in [6.45, 7) is 0. The first-order valence-electron chi connectivity index (χ1n) is 4.77. The Morgan fingerprint density at radius 1 is 1.14 bits per heavy atom. The van der Waals surface area contributed by atoms with Crippen molar-refractivity contribution in [2.24, 2.45) is 0 Å². The lowest BCUT2D eigenvalue weighted by Crippen LogP contribution is -1.82. The van der Waals surface area contributed by atoms with Crippen LogP contribution in [0.4, 0.5) is 0 Å². The van der Waals surface area contributed by atoms with E-state index in [1.165, 1.54) is 34.4 Å². The topological polar surface area (TPSA) is 0 Å². The second-order valence-electron chi connectivity index (χ2n) is 3.06. The van der Waals surface area contributed by atoms with Crippen LogP contribution >= 0.6 is 43.6 Å². The standard InChI is InChI=1S/C11H14Br2S/c12-7-2-1-3-8-14-11-6-4-5-10(13)9-11/h4-6,9H,1-3,7-8H2. The van der Waals surface area contributed by atoms with Gasteiger partial charge >= 0.3 is 0 Å². The Kier molecular flexibility index (Phi) is 7.00. The molecular formula is C11H14Br2S. The van der Waals surface area contributed by atoms with Gasteiger partial charge in [0.15, 0.2) is 0 Å². The summed E-state index contributed by atoms with van der Waals surface area (Å²) in [5, 5.41) is 1.13. The van der Waals surface area contributed by atoms with Gasteiger partial charge in [-0.2, -0.15) is 0 Å². The summed E-state index contributed by atoms with van der Waals surface area (Å²) in [7, 11) is 0. The summed E-state index contributed by atoms with van der Waals surface area (Å²) in [4.78, 5) is 1.36. The first-order valence-corrected chi connectivity index (χ1v) is 7.67. The average molecular weight is 338 g/mol. The lowest BCUT2D eigenvalue weighted by molar-refractivity contribution is 0.788. The molecule has 0 heterocycles. The fraction of sp³-hybridized carbons (Fsp3) is 0.455. The zero-order chi connectivity index (χ0) is 10.2. The van der Waals surface area contributed by atoms with E-state index in [1.54, 1.807) is 0 Å². The molecule has 0 fully saturated rings. The van der Waals surface area contributed by atoms with E-state index in [9.17, 15) is 0 Å². The normalized spacial score (nSPS) is 10.4. The highest BCUT2D eigenvalue weighted by atomic mass is 79.9. The molecule has 1 rings (SSSR count). The minimum Gasteiger partial charge on any atom is -0.126 e. The van der Waals surface area contributed by atoms with Crippen molar-refractivity contribution in [2.45, 2.75) is 24.2 Å². The van der Waals surface area contributed by atoms with Gasteiger partial charge in [-0.15, -0.1) is 11.8 Å². The van der Waals surface area contributed by atoms with E-state index in [0.29, 0.717) is 0 Å². The molecule has 0 atom stereocenters. The molecule has 0 aliphatic heterocycles. The van der Waals surface area contributed by atoms with Gasteiger partial charge in [0.25, 0.3) is 0 Å². The molecule has 1 aromatic rings. The van der Waals surface area contributed by atoms with Crippen molar-refractivity contribution in [2.75, 3.05) is 11.1 Å². The van der Waals surface area contributed by atoms with E-state index in [-0.39, 0.29) is 0 Å². The van der Waals surface area contributed by atoms with E-state index >= 15 is 0 Å². The molecule has 0 nitrogen and oxygen atoms in total. The summed E-state index contributed by atoms with van der Waals surface area (Å²) < 4.78 is 1.17. The Morgan fingerprint density at radius 3 is 2.71 bits per heavy atom. The monoisotopic (exact) mass is 336 g/mol. The highest BCUT2D eigenvalue weighted by molar-refractivity contribution is 9.10. The molecule has 0 aliphatic rings. The molecule has 1 aromatic carbocycles. The molecule has 0 amide bonds. The Hall–Kier alpha value is 0.530. The van der Waals surface area contributed by atoms with E-state index in [4.69, 9.17) is 0 Å². The zero-order valence-corrected chi connectivity index (χ0v) is 12.0. The smallest absolute Gasteiger partial charge is 0.0186 e. The summed E-state index contributed by atoms with van der Waals surface area (Å²) in [6.07, 6.45) is 3.92. The van der Waals surface area contributed by atoms with Crippen molar-refractivity contribution in [1.82, 2.24) is 0 Å². The highest BCUT2D eigenvalue weighted by Gasteiger charge is 1.94. The summed E-state index contributed by atoms with van der Waals surface area (Å²) >= 11 is 8.86. The van der Waals surface area contributed by atoms with Crippen LogP contribution in [-0.4, -0.2) is 11.1 Å². The van der Waals surface area contributed by atoms with Crippen molar-refractivity contribution in [3.05, 3.63) is 28.7 Å². The predicted molar refractivity (Wildman–Crippen MR) is 72.5 cm³/mol. The molecule has 0 saturated carbocycles. The number of thioether (sulfide) groups is 1. The number of benzene rings is 1. The molecule has 0 aliphatic carbocycles. The van der Waals surface area contributed by atoms with E-state index in [1.807, 2.05) is 11.8 Å².